The largest absolute Gasteiger partial charge is 0.356 e. The zero-order chi connectivity index (χ0) is 16.6. The van der Waals surface area contributed by atoms with Gasteiger partial charge in [-0.2, -0.15) is 0 Å². The van der Waals surface area contributed by atoms with Crippen molar-refractivity contribution in [3.8, 4) is 0 Å². The molecule has 0 radical (unpaired) electrons. The number of amides is 1. The summed E-state index contributed by atoms with van der Waals surface area (Å²) in [4.78, 5) is 11.8. The molecule has 0 saturated heterocycles. The fourth-order valence-corrected chi connectivity index (χ4v) is 3.90. The quantitative estimate of drug-likeness (QED) is 0.636. The first-order valence-electron chi connectivity index (χ1n) is 7.34. The van der Waals surface area contributed by atoms with Crippen molar-refractivity contribution >= 4 is 31.9 Å². The SMILES string of the molecule is CC(C)CCCNC(=O)CCNS(=O)(=O)c1ccccc1Br. The molecule has 0 bridgehead atoms. The summed E-state index contributed by atoms with van der Waals surface area (Å²) in [5.74, 6) is 0.478. The van der Waals surface area contributed by atoms with Crippen molar-refractivity contribution in [3.63, 3.8) is 0 Å². The average Bonchev–Trinajstić information content (AvgIpc) is 2.43. The molecular weight excluding hydrogens is 368 g/mol. The maximum Gasteiger partial charge on any atom is 0.241 e. The van der Waals surface area contributed by atoms with Gasteiger partial charge in [0.15, 0.2) is 0 Å². The first-order chi connectivity index (χ1) is 10.3. The molecule has 1 aromatic rings. The van der Waals surface area contributed by atoms with Crippen LogP contribution in [0, 0.1) is 5.92 Å². The predicted molar refractivity (Wildman–Crippen MR) is 91.0 cm³/mol. The van der Waals surface area contributed by atoms with Crippen LogP contribution in [0.1, 0.15) is 33.1 Å². The van der Waals surface area contributed by atoms with Gasteiger partial charge < -0.3 is 5.32 Å². The number of benzene rings is 1. The van der Waals surface area contributed by atoms with E-state index in [0.29, 0.717) is 16.9 Å². The van der Waals surface area contributed by atoms with Crippen LogP contribution in [0.25, 0.3) is 0 Å². The number of nitrogens with one attached hydrogen (secondary N) is 2. The molecule has 0 aliphatic rings. The Kier molecular flexibility index (Phi) is 8.06. The number of carbonyl (C=O) groups excluding carboxylic acids is 1. The number of hydrogen-bond donors (Lipinski definition) is 2. The van der Waals surface area contributed by atoms with Crippen molar-refractivity contribution in [3.05, 3.63) is 28.7 Å². The lowest BCUT2D eigenvalue weighted by Gasteiger charge is -2.09. The van der Waals surface area contributed by atoms with Gasteiger partial charge in [0.25, 0.3) is 0 Å². The van der Waals surface area contributed by atoms with Gasteiger partial charge in [0.05, 0.1) is 4.90 Å². The molecule has 0 atom stereocenters. The zero-order valence-corrected chi connectivity index (χ0v) is 15.3. The highest BCUT2D eigenvalue weighted by molar-refractivity contribution is 9.10. The van der Waals surface area contributed by atoms with Crippen LogP contribution in [0.5, 0.6) is 0 Å². The van der Waals surface area contributed by atoms with E-state index in [1.807, 2.05) is 0 Å². The van der Waals surface area contributed by atoms with E-state index in [0.717, 1.165) is 12.8 Å². The number of halogens is 1. The van der Waals surface area contributed by atoms with Crippen molar-refractivity contribution in [2.24, 2.45) is 5.92 Å². The molecule has 124 valence electrons. The Labute approximate surface area is 141 Å². The lowest BCUT2D eigenvalue weighted by Crippen LogP contribution is -2.31. The summed E-state index contributed by atoms with van der Waals surface area (Å²) in [7, 11) is -3.60. The molecule has 0 heterocycles. The Hall–Kier alpha value is -0.920. The minimum absolute atomic E-state index is 0.0830. The van der Waals surface area contributed by atoms with Gasteiger partial charge in [-0.05, 0) is 46.8 Å². The highest BCUT2D eigenvalue weighted by Gasteiger charge is 2.16. The molecule has 1 aromatic carbocycles. The molecule has 0 unspecified atom stereocenters. The Balaban J connectivity index is 2.34. The van der Waals surface area contributed by atoms with E-state index in [1.165, 1.54) is 6.07 Å². The van der Waals surface area contributed by atoms with Crippen LogP contribution in [0.2, 0.25) is 0 Å². The van der Waals surface area contributed by atoms with Gasteiger partial charge in [-0.1, -0.05) is 26.0 Å². The van der Waals surface area contributed by atoms with Gasteiger partial charge in [-0.15, -0.1) is 0 Å². The minimum atomic E-state index is -3.60. The van der Waals surface area contributed by atoms with Crippen LogP contribution in [-0.2, 0) is 14.8 Å². The monoisotopic (exact) mass is 390 g/mol. The number of hydrogen-bond acceptors (Lipinski definition) is 3. The molecule has 0 aliphatic heterocycles. The molecule has 2 N–H and O–H groups in total. The van der Waals surface area contributed by atoms with Gasteiger partial charge in [0.2, 0.25) is 15.9 Å². The fourth-order valence-electron chi connectivity index (χ4n) is 1.87. The van der Waals surface area contributed by atoms with E-state index in [4.69, 9.17) is 0 Å². The Morgan fingerprint density at radius 3 is 2.55 bits per heavy atom. The van der Waals surface area contributed by atoms with E-state index in [-0.39, 0.29) is 23.8 Å². The smallest absolute Gasteiger partial charge is 0.241 e. The first-order valence-corrected chi connectivity index (χ1v) is 9.61. The number of sulfonamides is 1. The summed E-state index contributed by atoms with van der Waals surface area (Å²) in [5.41, 5.74) is 0. The molecule has 5 nitrogen and oxygen atoms in total. The summed E-state index contributed by atoms with van der Waals surface area (Å²) in [6, 6.07) is 6.57. The summed E-state index contributed by atoms with van der Waals surface area (Å²) >= 11 is 3.21. The summed E-state index contributed by atoms with van der Waals surface area (Å²) in [6.07, 6.45) is 2.13. The highest BCUT2D eigenvalue weighted by Crippen LogP contribution is 2.20. The van der Waals surface area contributed by atoms with E-state index < -0.39 is 10.0 Å². The van der Waals surface area contributed by atoms with Crippen molar-refractivity contribution < 1.29 is 13.2 Å². The molecule has 0 fully saturated rings. The van der Waals surface area contributed by atoms with Crippen LogP contribution < -0.4 is 10.0 Å². The van der Waals surface area contributed by atoms with E-state index in [9.17, 15) is 13.2 Å². The lowest BCUT2D eigenvalue weighted by molar-refractivity contribution is -0.120. The van der Waals surface area contributed by atoms with Crippen LogP contribution in [0.4, 0.5) is 0 Å². The topological polar surface area (TPSA) is 75.3 Å². The second kappa shape index (κ2) is 9.27. The minimum Gasteiger partial charge on any atom is -0.356 e. The third-order valence-corrected chi connectivity index (χ3v) is 5.52. The normalized spacial score (nSPS) is 11.6. The number of rotatable bonds is 9. The Bertz CT molecular complexity index is 588. The maximum absolute atomic E-state index is 12.1. The van der Waals surface area contributed by atoms with E-state index >= 15 is 0 Å². The lowest BCUT2D eigenvalue weighted by atomic mass is 10.1. The molecule has 0 aliphatic carbocycles. The Morgan fingerprint density at radius 2 is 1.91 bits per heavy atom. The third kappa shape index (κ3) is 6.89. The summed E-state index contributed by atoms with van der Waals surface area (Å²) in [6.45, 7) is 4.99. The molecule has 22 heavy (non-hydrogen) atoms. The van der Waals surface area contributed by atoms with Gasteiger partial charge in [0.1, 0.15) is 0 Å². The molecule has 0 spiro atoms. The second-order valence-corrected chi connectivity index (χ2v) is 8.05. The van der Waals surface area contributed by atoms with Crippen LogP contribution in [0.15, 0.2) is 33.6 Å². The van der Waals surface area contributed by atoms with Gasteiger partial charge >= 0.3 is 0 Å². The summed E-state index contributed by atoms with van der Waals surface area (Å²) in [5, 5.41) is 2.79. The van der Waals surface area contributed by atoms with Crippen molar-refractivity contribution in [2.75, 3.05) is 13.1 Å². The standard InChI is InChI=1S/C15H23BrN2O3S/c1-12(2)6-5-10-17-15(19)9-11-18-22(20,21)14-8-4-3-7-13(14)16/h3-4,7-8,12,18H,5-6,9-11H2,1-2H3,(H,17,19). The van der Waals surface area contributed by atoms with Gasteiger partial charge in [-0.25, -0.2) is 13.1 Å². The van der Waals surface area contributed by atoms with E-state index in [1.54, 1.807) is 18.2 Å². The van der Waals surface area contributed by atoms with Crippen LogP contribution in [-0.4, -0.2) is 27.4 Å². The van der Waals surface area contributed by atoms with Crippen LogP contribution >= 0.6 is 15.9 Å². The molecule has 0 saturated carbocycles. The van der Waals surface area contributed by atoms with Gasteiger partial charge in [0, 0.05) is 24.0 Å². The summed E-state index contributed by atoms with van der Waals surface area (Å²) < 4.78 is 27.1. The van der Waals surface area contributed by atoms with Gasteiger partial charge in [-0.3, -0.25) is 4.79 Å². The maximum atomic E-state index is 12.1. The Morgan fingerprint density at radius 1 is 1.23 bits per heavy atom. The zero-order valence-electron chi connectivity index (χ0n) is 12.9. The van der Waals surface area contributed by atoms with Crippen LogP contribution in [0.3, 0.4) is 0 Å². The fraction of sp³-hybridized carbons (Fsp3) is 0.533. The number of carbonyl (C=O) groups is 1. The van der Waals surface area contributed by atoms with E-state index in [2.05, 4.69) is 39.8 Å². The molecule has 1 amide bonds. The highest BCUT2D eigenvalue weighted by atomic mass is 79.9. The molecule has 0 aromatic heterocycles. The predicted octanol–water partition coefficient (Wildman–Crippen LogP) is 2.67. The van der Waals surface area contributed by atoms with Crippen molar-refractivity contribution in [1.29, 1.82) is 0 Å². The van der Waals surface area contributed by atoms with Crippen molar-refractivity contribution in [1.82, 2.24) is 10.0 Å². The molecule has 1 rings (SSSR count). The third-order valence-electron chi connectivity index (χ3n) is 3.05. The average molecular weight is 391 g/mol. The first kappa shape index (κ1) is 19.1. The molecular formula is C15H23BrN2O3S. The molecule has 7 heteroatoms. The van der Waals surface area contributed by atoms with Crippen molar-refractivity contribution in [2.45, 2.75) is 38.0 Å². The second-order valence-electron chi connectivity index (χ2n) is 5.46.